The van der Waals surface area contributed by atoms with Crippen LogP contribution in [0, 0.1) is 5.92 Å². The van der Waals surface area contributed by atoms with E-state index in [1.165, 1.54) is 5.56 Å². The average Bonchev–Trinajstić information content (AvgIpc) is 2.53. The Bertz CT molecular complexity index is 431. The lowest BCUT2D eigenvalue weighted by molar-refractivity contribution is -0.123. The molecule has 0 aliphatic carbocycles. The highest BCUT2D eigenvalue weighted by Crippen LogP contribution is 2.21. The minimum Gasteiger partial charge on any atom is -0.497 e. The van der Waals surface area contributed by atoms with E-state index in [1.54, 1.807) is 7.11 Å². The van der Waals surface area contributed by atoms with Crippen molar-refractivity contribution in [2.45, 2.75) is 45.6 Å². The maximum absolute atomic E-state index is 11.9. The number of rotatable bonds is 8. The number of methoxy groups -OCH3 is 1. The highest BCUT2D eigenvalue weighted by molar-refractivity contribution is 5.81. The maximum Gasteiger partial charge on any atom is 0.237 e. The summed E-state index contributed by atoms with van der Waals surface area (Å²) in [5.74, 6) is 1.41. The molecule has 0 aromatic heterocycles. The Morgan fingerprint density at radius 3 is 2.43 bits per heavy atom. The van der Waals surface area contributed by atoms with Crippen LogP contribution in [0.2, 0.25) is 0 Å². The number of carbonyl (C=O) groups is 1. The zero-order valence-corrected chi connectivity index (χ0v) is 13.6. The van der Waals surface area contributed by atoms with Gasteiger partial charge in [-0.25, -0.2) is 0 Å². The number of hydrogen-bond acceptors (Lipinski definition) is 3. The lowest BCUT2D eigenvalue weighted by atomic mass is 9.97. The summed E-state index contributed by atoms with van der Waals surface area (Å²) in [5.41, 5.74) is 7.15. The van der Waals surface area contributed by atoms with Gasteiger partial charge in [-0.05, 0) is 36.0 Å². The van der Waals surface area contributed by atoms with Crippen molar-refractivity contribution in [2.24, 2.45) is 11.7 Å². The van der Waals surface area contributed by atoms with Crippen LogP contribution in [0.15, 0.2) is 24.3 Å². The van der Waals surface area contributed by atoms with Gasteiger partial charge in [0.05, 0.1) is 13.2 Å². The fourth-order valence-corrected chi connectivity index (χ4v) is 2.14. The zero-order chi connectivity index (χ0) is 15.8. The van der Waals surface area contributed by atoms with E-state index >= 15 is 0 Å². The van der Waals surface area contributed by atoms with Crippen molar-refractivity contribution in [3.8, 4) is 5.75 Å². The molecule has 4 nitrogen and oxygen atoms in total. The van der Waals surface area contributed by atoms with Crippen LogP contribution in [0.25, 0.3) is 0 Å². The predicted molar refractivity (Wildman–Crippen MR) is 86.5 cm³/mol. The molecule has 0 aliphatic rings. The van der Waals surface area contributed by atoms with E-state index < -0.39 is 6.04 Å². The van der Waals surface area contributed by atoms with Gasteiger partial charge >= 0.3 is 0 Å². The number of ether oxygens (including phenoxy) is 1. The summed E-state index contributed by atoms with van der Waals surface area (Å²) in [6.45, 7) is 6.85. The molecule has 0 radical (unpaired) electrons. The second-order valence-corrected chi connectivity index (χ2v) is 5.67. The fraction of sp³-hybridized carbons (Fsp3) is 0.588. The summed E-state index contributed by atoms with van der Waals surface area (Å²) >= 11 is 0. The van der Waals surface area contributed by atoms with Gasteiger partial charge in [0.1, 0.15) is 5.75 Å². The van der Waals surface area contributed by atoms with E-state index in [9.17, 15) is 4.79 Å². The number of benzene rings is 1. The molecule has 21 heavy (non-hydrogen) atoms. The Morgan fingerprint density at radius 1 is 1.29 bits per heavy atom. The molecule has 4 heteroatoms. The standard InChI is InChI=1S/C17H28N2O2/c1-5-12(2)16(18)17(20)19-11-10-13(3)14-6-8-15(21-4)9-7-14/h6-9,12-13,16H,5,10-11,18H2,1-4H3,(H,19,20). The first-order valence-corrected chi connectivity index (χ1v) is 7.66. The number of nitrogens with two attached hydrogens (primary N) is 1. The van der Waals surface area contributed by atoms with Crippen molar-refractivity contribution in [1.82, 2.24) is 5.32 Å². The lowest BCUT2D eigenvalue weighted by Gasteiger charge is -2.19. The fourth-order valence-electron chi connectivity index (χ4n) is 2.14. The van der Waals surface area contributed by atoms with Crippen LogP contribution in [0.3, 0.4) is 0 Å². The van der Waals surface area contributed by atoms with E-state index in [1.807, 2.05) is 26.0 Å². The normalized spacial score (nSPS) is 15.1. The molecule has 1 rings (SSSR count). The molecule has 0 fully saturated rings. The van der Waals surface area contributed by atoms with Crippen molar-refractivity contribution in [1.29, 1.82) is 0 Å². The third-order valence-electron chi connectivity index (χ3n) is 4.12. The lowest BCUT2D eigenvalue weighted by Crippen LogP contribution is -2.45. The molecule has 0 spiro atoms. The molecule has 0 heterocycles. The van der Waals surface area contributed by atoms with Gasteiger partial charge < -0.3 is 15.8 Å². The second kappa shape index (κ2) is 8.67. The number of nitrogens with one attached hydrogen (secondary N) is 1. The Kier molecular flexibility index (Phi) is 7.23. The van der Waals surface area contributed by atoms with Crippen LogP contribution in [-0.4, -0.2) is 25.6 Å². The van der Waals surface area contributed by atoms with Gasteiger partial charge in [-0.3, -0.25) is 4.79 Å². The first kappa shape index (κ1) is 17.5. The predicted octanol–water partition coefficient (Wildman–Crippen LogP) is 2.68. The quantitative estimate of drug-likeness (QED) is 0.774. The van der Waals surface area contributed by atoms with Gasteiger partial charge in [0.15, 0.2) is 0 Å². The van der Waals surface area contributed by atoms with Gasteiger partial charge in [0, 0.05) is 6.54 Å². The molecular formula is C17H28N2O2. The largest absolute Gasteiger partial charge is 0.497 e. The van der Waals surface area contributed by atoms with Crippen LogP contribution in [-0.2, 0) is 4.79 Å². The van der Waals surface area contributed by atoms with Crippen LogP contribution >= 0.6 is 0 Å². The summed E-state index contributed by atoms with van der Waals surface area (Å²) in [5, 5.41) is 2.93. The van der Waals surface area contributed by atoms with Crippen molar-refractivity contribution in [3.63, 3.8) is 0 Å². The Labute approximate surface area is 128 Å². The first-order valence-electron chi connectivity index (χ1n) is 7.66. The molecule has 0 saturated heterocycles. The Hall–Kier alpha value is -1.55. The summed E-state index contributed by atoms with van der Waals surface area (Å²) in [6.07, 6.45) is 1.81. The first-order chi connectivity index (χ1) is 9.99. The molecule has 1 aromatic carbocycles. The Morgan fingerprint density at radius 2 is 1.90 bits per heavy atom. The highest BCUT2D eigenvalue weighted by Gasteiger charge is 2.18. The van der Waals surface area contributed by atoms with Gasteiger partial charge in [0.25, 0.3) is 0 Å². The van der Waals surface area contributed by atoms with Crippen LogP contribution < -0.4 is 15.8 Å². The molecule has 1 amide bonds. The monoisotopic (exact) mass is 292 g/mol. The van der Waals surface area contributed by atoms with Gasteiger partial charge in [-0.2, -0.15) is 0 Å². The third-order valence-corrected chi connectivity index (χ3v) is 4.12. The molecule has 3 atom stereocenters. The maximum atomic E-state index is 11.9. The number of hydrogen-bond donors (Lipinski definition) is 2. The van der Waals surface area contributed by atoms with E-state index in [-0.39, 0.29) is 11.8 Å². The zero-order valence-electron chi connectivity index (χ0n) is 13.6. The van der Waals surface area contributed by atoms with E-state index in [2.05, 4.69) is 24.4 Å². The smallest absolute Gasteiger partial charge is 0.237 e. The molecule has 118 valence electrons. The molecule has 0 saturated carbocycles. The van der Waals surface area contributed by atoms with Crippen LogP contribution in [0.5, 0.6) is 5.75 Å². The van der Waals surface area contributed by atoms with E-state index in [0.717, 1.165) is 18.6 Å². The number of carbonyl (C=O) groups excluding carboxylic acids is 1. The minimum atomic E-state index is -0.411. The molecule has 0 aliphatic heterocycles. The molecule has 3 N–H and O–H groups in total. The van der Waals surface area contributed by atoms with Crippen molar-refractivity contribution in [3.05, 3.63) is 29.8 Å². The SMILES string of the molecule is CCC(C)C(N)C(=O)NCCC(C)c1ccc(OC)cc1. The van der Waals surface area contributed by atoms with Crippen LogP contribution in [0.1, 0.15) is 45.1 Å². The van der Waals surface area contributed by atoms with Crippen molar-refractivity contribution >= 4 is 5.91 Å². The van der Waals surface area contributed by atoms with Crippen LogP contribution in [0.4, 0.5) is 0 Å². The Balaban J connectivity index is 2.39. The summed E-state index contributed by atoms with van der Waals surface area (Å²) in [6, 6.07) is 7.64. The average molecular weight is 292 g/mol. The summed E-state index contributed by atoms with van der Waals surface area (Å²) in [4.78, 5) is 11.9. The summed E-state index contributed by atoms with van der Waals surface area (Å²) in [7, 11) is 1.66. The van der Waals surface area contributed by atoms with Crippen molar-refractivity contribution < 1.29 is 9.53 Å². The molecule has 1 aromatic rings. The van der Waals surface area contributed by atoms with E-state index in [0.29, 0.717) is 12.5 Å². The van der Waals surface area contributed by atoms with Gasteiger partial charge in [0.2, 0.25) is 5.91 Å². The van der Waals surface area contributed by atoms with Crippen molar-refractivity contribution in [2.75, 3.05) is 13.7 Å². The molecule has 0 bridgehead atoms. The number of amides is 1. The van der Waals surface area contributed by atoms with Gasteiger partial charge in [-0.15, -0.1) is 0 Å². The van der Waals surface area contributed by atoms with E-state index in [4.69, 9.17) is 10.5 Å². The molecular weight excluding hydrogens is 264 g/mol. The second-order valence-electron chi connectivity index (χ2n) is 5.67. The molecule has 3 unspecified atom stereocenters. The summed E-state index contributed by atoms with van der Waals surface area (Å²) < 4.78 is 5.15. The van der Waals surface area contributed by atoms with Gasteiger partial charge in [-0.1, -0.05) is 39.3 Å². The third kappa shape index (κ3) is 5.38. The topological polar surface area (TPSA) is 64.4 Å². The highest BCUT2D eigenvalue weighted by atomic mass is 16.5. The minimum absolute atomic E-state index is 0.0497.